The molecule has 0 saturated carbocycles. The van der Waals surface area contributed by atoms with Gasteiger partial charge < -0.3 is 20.7 Å². The van der Waals surface area contributed by atoms with E-state index in [1.54, 1.807) is 30.1 Å². The van der Waals surface area contributed by atoms with Crippen LogP contribution in [0.4, 0.5) is 5.82 Å². The number of ether oxygens (including phenoxy) is 1. The fourth-order valence-corrected chi connectivity index (χ4v) is 4.11. The van der Waals surface area contributed by atoms with Gasteiger partial charge in [0.1, 0.15) is 17.9 Å². The largest absolute Gasteiger partial charge is 0.496 e. The van der Waals surface area contributed by atoms with Gasteiger partial charge in [-0.25, -0.2) is 14.6 Å². The average molecular weight is 455 g/mol. The van der Waals surface area contributed by atoms with Crippen molar-refractivity contribution in [2.24, 2.45) is 0 Å². The number of anilines is 1. The predicted molar refractivity (Wildman–Crippen MR) is 121 cm³/mol. The van der Waals surface area contributed by atoms with E-state index in [1.165, 1.54) is 6.33 Å². The molecular formula is C22H23ClN6O3. The Morgan fingerprint density at radius 3 is 2.53 bits per heavy atom. The summed E-state index contributed by atoms with van der Waals surface area (Å²) in [5, 5.41) is 24.6. The van der Waals surface area contributed by atoms with Crippen molar-refractivity contribution in [2.75, 3.05) is 12.8 Å². The Kier molecular flexibility index (Phi) is 5.72. The molecule has 166 valence electrons. The number of aliphatic hydroxyl groups is 2. The SMILES string of the molecule is COc1c(C(C)n2nc(C)c3c(N)ncnc32)cc(Cl)c(C)c1-c1ccc(C(O)O)nc1. The first-order chi connectivity index (χ1) is 15.2. The summed E-state index contributed by atoms with van der Waals surface area (Å²) in [6.45, 7) is 5.73. The van der Waals surface area contributed by atoms with E-state index in [4.69, 9.17) is 22.1 Å². The number of nitrogen functional groups attached to an aromatic ring is 1. The smallest absolute Gasteiger partial charge is 0.196 e. The highest BCUT2D eigenvalue weighted by Gasteiger charge is 2.25. The molecule has 9 nitrogen and oxygen atoms in total. The van der Waals surface area contributed by atoms with E-state index in [0.29, 0.717) is 27.6 Å². The summed E-state index contributed by atoms with van der Waals surface area (Å²) in [6, 6.07) is 4.86. The number of methoxy groups -OCH3 is 1. The minimum atomic E-state index is -1.65. The van der Waals surface area contributed by atoms with Crippen LogP contribution in [0.3, 0.4) is 0 Å². The molecule has 0 aliphatic heterocycles. The van der Waals surface area contributed by atoms with Crippen LogP contribution in [0.5, 0.6) is 5.75 Å². The second-order valence-corrected chi connectivity index (χ2v) is 7.90. The van der Waals surface area contributed by atoms with Crippen LogP contribution in [0.1, 0.15) is 41.8 Å². The lowest BCUT2D eigenvalue weighted by molar-refractivity contribution is -0.0458. The van der Waals surface area contributed by atoms with Crippen molar-refractivity contribution < 1.29 is 14.9 Å². The first kappa shape index (κ1) is 21.9. The monoisotopic (exact) mass is 454 g/mol. The summed E-state index contributed by atoms with van der Waals surface area (Å²) in [5.74, 6) is 0.986. The Labute approximate surface area is 189 Å². The molecule has 0 fully saturated rings. The molecule has 0 aliphatic rings. The third-order valence-electron chi connectivity index (χ3n) is 5.56. The number of aryl methyl sites for hydroxylation is 1. The van der Waals surface area contributed by atoms with Crippen LogP contribution in [0.25, 0.3) is 22.2 Å². The highest BCUT2D eigenvalue weighted by Crippen LogP contribution is 2.43. The number of halogens is 1. The second kappa shape index (κ2) is 8.34. The van der Waals surface area contributed by atoms with E-state index in [2.05, 4.69) is 20.1 Å². The summed E-state index contributed by atoms with van der Waals surface area (Å²) in [5.41, 5.74) is 10.6. The highest BCUT2D eigenvalue weighted by atomic mass is 35.5. The van der Waals surface area contributed by atoms with E-state index < -0.39 is 6.29 Å². The summed E-state index contributed by atoms with van der Waals surface area (Å²) in [4.78, 5) is 12.6. The van der Waals surface area contributed by atoms with E-state index in [1.807, 2.05) is 26.8 Å². The number of aliphatic hydroxyl groups excluding tert-OH is 1. The third-order valence-corrected chi connectivity index (χ3v) is 5.95. The maximum atomic E-state index is 9.35. The van der Waals surface area contributed by atoms with Gasteiger partial charge >= 0.3 is 0 Å². The van der Waals surface area contributed by atoms with Crippen molar-refractivity contribution in [3.05, 3.63) is 58.3 Å². The molecular weight excluding hydrogens is 432 g/mol. The third kappa shape index (κ3) is 3.54. The lowest BCUT2D eigenvalue weighted by atomic mass is 9.94. The van der Waals surface area contributed by atoms with Gasteiger partial charge in [-0.3, -0.25) is 4.98 Å². The van der Waals surface area contributed by atoms with Crippen LogP contribution in [0.2, 0.25) is 5.02 Å². The van der Waals surface area contributed by atoms with Crippen LogP contribution >= 0.6 is 11.6 Å². The second-order valence-electron chi connectivity index (χ2n) is 7.49. The number of benzene rings is 1. The van der Waals surface area contributed by atoms with Crippen LogP contribution < -0.4 is 10.5 Å². The van der Waals surface area contributed by atoms with E-state index in [0.717, 1.165) is 27.9 Å². The number of pyridine rings is 1. The van der Waals surface area contributed by atoms with Crippen molar-refractivity contribution in [2.45, 2.75) is 33.1 Å². The minimum absolute atomic E-state index is 0.150. The van der Waals surface area contributed by atoms with Crippen molar-refractivity contribution in [3.63, 3.8) is 0 Å². The number of nitrogens with two attached hydrogens (primary N) is 1. The van der Waals surface area contributed by atoms with Crippen LogP contribution in [-0.2, 0) is 0 Å². The Balaban J connectivity index is 1.92. The molecule has 0 aliphatic carbocycles. The molecule has 1 atom stereocenters. The molecule has 4 N–H and O–H groups in total. The molecule has 4 aromatic rings. The maximum absolute atomic E-state index is 9.35. The number of fused-ring (bicyclic) bond motifs is 1. The van der Waals surface area contributed by atoms with Gasteiger partial charge in [0.15, 0.2) is 11.9 Å². The molecule has 1 unspecified atom stereocenters. The lowest BCUT2D eigenvalue weighted by Crippen LogP contribution is -2.12. The Hall–Kier alpha value is -3.27. The average Bonchev–Trinajstić information content (AvgIpc) is 3.12. The molecule has 1 aromatic carbocycles. The Bertz CT molecular complexity index is 1300. The van der Waals surface area contributed by atoms with Crippen molar-refractivity contribution in [3.8, 4) is 16.9 Å². The van der Waals surface area contributed by atoms with Gasteiger partial charge in [-0.15, -0.1) is 0 Å². The van der Waals surface area contributed by atoms with E-state index >= 15 is 0 Å². The number of hydrogen-bond donors (Lipinski definition) is 3. The first-order valence-electron chi connectivity index (χ1n) is 9.89. The van der Waals surface area contributed by atoms with Gasteiger partial charge in [0.2, 0.25) is 0 Å². The predicted octanol–water partition coefficient (Wildman–Crippen LogP) is 3.34. The highest BCUT2D eigenvalue weighted by molar-refractivity contribution is 6.32. The van der Waals surface area contributed by atoms with Crippen LogP contribution in [0, 0.1) is 13.8 Å². The molecule has 0 amide bonds. The van der Waals surface area contributed by atoms with E-state index in [-0.39, 0.29) is 11.7 Å². The molecule has 4 rings (SSSR count). The van der Waals surface area contributed by atoms with Crippen molar-refractivity contribution in [1.29, 1.82) is 0 Å². The molecule has 0 bridgehead atoms. The first-order valence-corrected chi connectivity index (χ1v) is 10.3. The number of rotatable bonds is 5. The zero-order chi connectivity index (χ0) is 23.2. The summed E-state index contributed by atoms with van der Waals surface area (Å²) in [7, 11) is 1.59. The number of hydrogen-bond acceptors (Lipinski definition) is 8. The lowest BCUT2D eigenvalue weighted by Gasteiger charge is -2.22. The molecule has 0 saturated heterocycles. The van der Waals surface area contributed by atoms with Gasteiger partial charge in [0.05, 0.1) is 29.9 Å². The molecule has 3 heterocycles. The topological polar surface area (TPSA) is 132 Å². The summed E-state index contributed by atoms with van der Waals surface area (Å²) < 4.78 is 7.62. The molecule has 0 radical (unpaired) electrons. The molecule has 32 heavy (non-hydrogen) atoms. The summed E-state index contributed by atoms with van der Waals surface area (Å²) >= 11 is 6.63. The van der Waals surface area contributed by atoms with Crippen molar-refractivity contribution in [1.82, 2.24) is 24.7 Å². The van der Waals surface area contributed by atoms with Gasteiger partial charge in [0.25, 0.3) is 0 Å². The minimum Gasteiger partial charge on any atom is -0.496 e. The van der Waals surface area contributed by atoms with Crippen LogP contribution in [-0.4, -0.2) is 42.1 Å². The van der Waals surface area contributed by atoms with Gasteiger partial charge in [0, 0.05) is 27.9 Å². The fraction of sp³-hybridized carbons (Fsp3) is 0.273. The quantitative estimate of drug-likeness (QED) is 0.391. The van der Waals surface area contributed by atoms with E-state index in [9.17, 15) is 10.2 Å². The Morgan fingerprint density at radius 1 is 1.16 bits per heavy atom. The molecule has 3 aromatic heterocycles. The van der Waals surface area contributed by atoms with Gasteiger partial charge in [-0.2, -0.15) is 5.10 Å². The van der Waals surface area contributed by atoms with Crippen LogP contribution in [0.15, 0.2) is 30.7 Å². The summed E-state index contributed by atoms with van der Waals surface area (Å²) in [6.07, 6.45) is 1.33. The number of nitrogens with zero attached hydrogens (tertiary/aromatic N) is 5. The van der Waals surface area contributed by atoms with Crippen molar-refractivity contribution >= 4 is 28.5 Å². The normalized spacial score (nSPS) is 12.5. The molecule has 10 heteroatoms. The Morgan fingerprint density at radius 2 is 1.91 bits per heavy atom. The maximum Gasteiger partial charge on any atom is 0.196 e. The van der Waals surface area contributed by atoms with Gasteiger partial charge in [-0.05, 0) is 38.5 Å². The number of aromatic nitrogens is 5. The standard InChI is InChI=1S/C22H23ClN6O3/c1-10-15(23)7-14(12(3)29-21-18(11(2)28-29)20(24)26-9-27-21)19(32-4)17(10)13-5-6-16(22(30)31)25-8-13/h5-9,12,22,30-31H,1-4H3,(H2,24,26,27). The zero-order valence-electron chi connectivity index (χ0n) is 18.0. The zero-order valence-corrected chi connectivity index (χ0v) is 18.8. The van der Waals surface area contributed by atoms with Gasteiger partial charge in [-0.1, -0.05) is 17.7 Å². The fourth-order valence-electron chi connectivity index (χ4n) is 3.90. The molecule has 0 spiro atoms.